The van der Waals surface area contributed by atoms with E-state index in [1.807, 2.05) is 19.3 Å². The number of nitrogens with one attached hydrogen (secondary N) is 2. The zero-order chi connectivity index (χ0) is 25.2. The lowest BCUT2D eigenvalue weighted by molar-refractivity contribution is 0.134. The maximum Gasteiger partial charge on any atom is 0.227 e. The molecule has 2 aliphatic heterocycles. The second-order valence-electron chi connectivity index (χ2n) is 9.89. The standard InChI is InChI=1S/C27H32IN7S/c1-17-23(11-18(14-29-17)8-10-35-9-4-5-21(16-35)34(2)3)32-27-30-15-19-12-25(36)31-24-13-20(28)6-7-22(24)26(19)33-27/h6-7,11,13-15,21H,4-5,8-10,12,16H2,1-3H3,(H,31,36)(H,30,32,33). The van der Waals surface area contributed by atoms with Gasteiger partial charge in [-0.1, -0.05) is 12.2 Å². The molecule has 1 atom stereocenters. The molecule has 0 aliphatic carbocycles. The van der Waals surface area contributed by atoms with Crippen LogP contribution in [-0.4, -0.2) is 69.5 Å². The first kappa shape index (κ1) is 25.4. The van der Waals surface area contributed by atoms with Crippen molar-refractivity contribution in [1.29, 1.82) is 0 Å². The first-order valence-electron chi connectivity index (χ1n) is 12.4. The number of hydrogen-bond acceptors (Lipinski definition) is 7. The van der Waals surface area contributed by atoms with Gasteiger partial charge in [0.1, 0.15) is 0 Å². The second-order valence-corrected chi connectivity index (χ2v) is 11.6. The highest BCUT2D eigenvalue weighted by Crippen LogP contribution is 2.34. The molecular weight excluding hydrogens is 581 g/mol. The summed E-state index contributed by atoms with van der Waals surface area (Å²) in [6, 6.07) is 9.14. The molecule has 1 unspecified atom stereocenters. The van der Waals surface area contributed by atoms with Crippen LogP contribution in [0.4, 0.5) is 17.3 Å². The Kier molecular flexibility index (Phi) is 7.80. The summed E-state index contributed by atoms with van der Waals surface area (Å²) < 4.78 is 1.15. The van der Waals surface area contributed by atoms with E-state index in [0.717, 1.165) is 62.0 Å². The summed E-state index contributed by atoms with van der Waals surface area (Å²) in [7, 11) is 4.37. The third-order valence-electron chi connectivity index (χ3n) is 7.04. The maximum atomic E-state index is 5.55. The van der Waals surface area contributed by atoms with Gasteiger partial charge in [-0.15, -0.1) is 0 Å². The Bertz CT molecular complexity index is 1280. The maximum absolute atomic E-state index is 5.55. The number of halogens is 1. The van der Waals surface area contributed by atoms with Crippen LogP contribution in [0.2, 0.25) is 0 Å². The van der Waals surface area contributed by atoms with Gasteiger partial charge < -0.3 is 20.4 Å². The van der Waals surface area contributed by atoms with Crippen LogP contribution >= 0.6 is 34.8 Å². The quantitative estimate of drug-likeness (QED) is 0.296. The van der Waals surface area contributed by atoms with Crippen LogP contribution in [0.1, 0.15) is 29.7 Å². The Morgan fingerprint density at radius 2 is 2.08 bits per heavy atom. The zero-order valence-corrected chi connectivity index (χ0v) is 24.0. The van der Waals surface area contributed by atoms with Crippen LogP contribution < -0.4 is 10.6 Å². The van der Waals surface area contributed by atoms with E-state index in [1.165, 1.54) is 24.9 Å². The molecular formula is C27H32IN7S. The molecule has 2 aromatic heterocycles. The van der Waals surface area contributed by atoms with Gasteiger partial charge in [0.25, 0.3) is 0 Å². The highest BCUT2D eigenvalue weighted by atomic mass is 127. The minimum Gasteiger partial charge on any atom is -0.349 e. The minimum atomic E-state index is 0.568. The van der Waals surface area contributed by atoms with Crippen LogP contribution in [0.5, 0.6) is 0 Å². The molecule has 0 bridgehead atoms. The fourth-order valence-corrected chi connectivity index (χ4v) is 5.68. The molecule has 9 heteroatoms. The molecule has 1 saturated heterocycles. The number of likely N-dealkylation sites (tertiary alicyclic amines) is 1. The summed E-state index contributed by atoms with van der Waals surface area (Å²) in [5, 5.41) is 6.80. The zero-order valence-electron chi connectivity index (χ0n) is 21.0. The third-order valence-corrected chi connectivity index (χ3v) is 7.96. The molecule has 0 saturated carbocycles. The van der Waals surface area contributed by atoms with Crippen molar-refractivity contribution in [2.45, 2.75) is 38.6 Å². The molecule has 188 valence electrons. The SMILES string of the molecule is Cc1ncc(CCN2CCCC(N(C)C)C2)cc1Nc1ncc2c(n1)-c1ccc(I)cc1NC(=S)C2. The molecule has 2 aliphatic rings. The van der Waals surface area contributed by atoms with Crippen LogP contribution in [0.3, 0.4) is 0 Å². The van der Waals surface area contributed by atoms with E-state index in [9.17, 15) is 0 Å². The van der Waals surface area contributed by atoms with Crippen LogP contribution in [0.25, 0.3) is 11.3 Å². The largest absolute Gasteiger partial charge is 0.349 e. The van der Waals surface area contributed by atoms with Crippen LogP contribution in [-0.2, 0) is 12.8 Å². The van der Waals surface area contributed by atoms with Crippen molar-refractivity contribution in [3.63, 3.8) is 0 Å². The number of rotatable bonds is 6. The van der Waals surface area contributed by atoms with E-state index in [4.69, 9.17) is 17.2 Å². The van der Waals surface area contributed by atoms with Gasteiger partial charge in [-0.25, -0.2) is 9.97 Å². The molecule has 4 heterocycles. The fourth-order valence-electron chi connectivity index (χ4n) is 4.93. The molecule has 0 radical (unpaired) electrons. The van der Waals surface area contributed by atoms with Gasteiger partial charge in [0.15, 0.2) is 0 Å². The smallest absolute Gasteiger partial charge is 0.227 e. The average molecular weight is 614 g/mol. The monoisotopic (exact) mass is 613 g/mol. The Morgan fingerprint density at radius 3 is 2.92 bits per heavy atom. The molecule has 5 rings (SSSR count). The van der Waals surface area contributed by atoms with Crippen LogP contribution in [0, 0.1) is 10.5 Å². The van der Waals surface area contributed by atoms with Crippen molar-refractivity contribution in [2.75, 3.05) is 44.4 Å². The number of nitrogens with zero attached hydrogens (tertiary/aromatic N) is 5. The van der Waals surface area contributed by atoms with E-state index >= 15 is 0 Å². The average Bonchev–Trinajstić information content (AvgIpc) is 2.99. The van der Waals surface area contributed by atoms with Gasteiger partial charge in [0.2, 0.25) is 5.95 Å². The Labute approximate surface area is 232 Å². The molecule has 0 amide bonds. The van der Waals surface area contributed by atoms with Gasteiger partial charge in [-0.3, -0.25) is 4.98 Å². The van der Waals surface area contributed by atoms with E-state index in [-0.39, 0.29) is 0 Å². The number of aryl methyl sites for hydroxylation is 1. The number of pyridine rings is 1. The minimum absolute atomic E-state index is 0.568. The van der Waals surface area contributed by atoms with Crippen molar-refractivity contribution in [3.05, 3.63) is 57.1 Å². The molecule has 3 aromatic rings. The van der Waals surface area contributed by atoms with Crippen LogP contribution in [0.15, 0.2) is 36.7 Å². The van der Waals surface area contributed by atoms with Gasteiger partial charge in [-0.05, 0) is 99.2 Å². The highest BCUT2D eigenvalue weighted by molar-refractivity contribution is 14.1. The van der Waals surface area contributed by atoms with Gasteiger partial charge in [0.05, 0.1) is 22.1 Å². The predicted octanol–water partition coefficient (Wildman–Crippen LogP) is 5.06. The number of piperidine rings is 1. The summed E-state index contributed by atoms with van der Waals surface area (Å²) in [5.74, 6) is 0.568. The van der Waals surface area contributed by atoms with Crippen molar-refractivity contribution >= 4 is 57.1 Å². The Balaban J connectivity index is 1.34. The van der Waals surface area contributed by atoms with E-state index in [2.05, 4.69) is 91.4 Å². The highest BCUT2D eigenvalue weighted by Gasteiger charge is 2.22. The summed E-state index contributed by atoms with van der Waals surface area (Å²) in [6.45, 7) is 5.38. The number of thiocarbonyl (C=S) groups is 1. The number of hydrogen-bond donors (Lipinski definition) is 2. The van der Waals surface area contributed by atoms with Crippen molar-refractivity contribution in [3.8, 4) is 11.3 Å². The molecule has 0 spiro atoms. The van der Waals surface area contributed by atoms with Crippen molar-refractivity contribution < 1.29 is 0 Å². The van der Waals surface area contributed by atoms with E-state index < -0.39 is 0 Å². The summed E-state index contributed by atoms with van der Waals surface area (Å²) in [5.41, 5.74) is 7.07. The number of anilines is 3. The summed E-state index contributed by atoms with van der Waals surface area (Å²) in [6.07, 6.45) is 8.03. The molecule has 1 aromatic carbocycles. The topological polar surface area (TPSA) is 69.2 Å². The van der Waals surface area contributed by atoms with E-state index in [1.54, 1.807) is 0 Å². The Hall–Kier alpha value is -2.21. The molecule has 2 N–H and O–H groups in total. The second kappa shape index (κ2) is 11.0. The molecule has 7 nitrogen and oxygen atoms in total. The first-order chi connectivity index (χ1) is 17.4. The molecule has 36 heavy (non-hydrogen) atoms. The lowest BCUT2D eigenvalue weighted by atomic mass is 10.0. The van der Waals surface area contributed by atoms with Crippen molar-refractivity contribution in [1.82, 2.24) is 24.8 Å². The lowest BCUT2D eigenvalue weighted by Crippen LogP contribution is -2.45. The van der Waals surface area contributed by atoms with Crippen molar-refractivity contribution in [2.24, 2.45) is 0 Å². The molecule has 1 fully saturated rings. The fraction of sp³-hybridized carbons (Fsp3) is 0.407. The summed E-state index contributed by atoms with van der Waals surface area (Å²) >= 11 is 7.87. The number of likely N-dealkylation sites (N-methyl/N-ethyl adjacent to an activating group) is 1. The van der Waals surface area contributed by atoms with E-state index in [0.29, 0.717) is 18.4 Å². The Morgan fingerprint density at radius 1 is 1.22 bits per heavy atom. The summed E-state index contributed by atoms with van der Waals surface area (Å²) in [4.78, 5) is 19.9. The third kappa shape index (κ3) is 5.85. The van der Waals surface area contributed by atoms with Gasteiger partial charge in [-0.2, -0.15) is 0 Å². The number of benzene rings is 1. The van der Waals surface area contributed by atoms with Gasteiger partial charge in [0, 0.05) is 58.3 Å². The van der Waals surface area contributed by atoms with Gasteiger partial charge >= 0.3 is 0 Å². The number of aromatic nitrogens is 3. The predicted molar refractivity (Wildman–Crippen MR) is 159 cm³/mol. The first-order valence-corrected chi connectivity index (χ1v) is 13.9. The lowest BCUT2D eigenvalue weighted by Gasteiger charge is -2.36. The number of fused-ring (bicyclic) bond motifs is 3. The normalized spacial score (nSPS) is 17.8.